The zero-order valence-corrected chi connectivity index (χ0v) is 13.3. The van der Waals surface area contributed by atoms with Crippen LogP contribution in [0.25, 0.3) is 0 Å². The number of carbonyl (C=O) groups excluding carboxylic acids is 1. The molecule has 2 unspecified atom stereocenters. The SMILES string of the molecule is CNC(=O)c1ccc(N2CC(C)OC(c3ccsc3)C2)nn1. The van der Waals surface area contributed by atoms with E-state index < -0.39 is 0 Å². The van der Waals surface area contributed by atoms with Crippen molar-refractivity contribution < 1.29 is 9.53 Å². The van der Waals surface area contributed by atoms with Gasteiger partial charge in [0.2, 0.25) is 0 Å². The second kappa shape index (κ2) is 6.41. The van der Waals surface area contributed by atoms with Gasteiger partial charge in [-0.15, -0.1) is 10.2 Å². The minimum Gasteiger partial charge on any atom is -0.367 e. The molecule has 0 aliphatic carbocycles. The van der Waals surface area contributed by atoms with Crippen LogP contribution in [0.5, 0.6) is 0 Å². The van der Waals surface area contributed by atoms with Gasteiger partial charge in [0.1, 0.15) is 6.10 Å². The highest BCUT2D eigenvalue weighted by Gasteiger charge is 2.27. The predicted octanol–water partition coefficient (Wildman–Crippen LogP) is 1.86. The molecule has 116 valence electrons. The van der Waals surface area contributed by atoms with Gasteiger partial charge >= 0.3 is 0 Å². The lowest BCUT2D eigenvalue weighted by Crippen LogP contribution is -2.43. The van der Waals surface area contributed by atoms with Crippen molar-refractivity contribution in [2.45, 2.75) is 19.1 Å². The van der Waals surface area contributed by atoms with Gasteiger partial charge in [0, 0.05) is 20.1 Å². The van der Waals surface area contributed by atoms with E-state index in [1.54, 1.807) is 24.5 Å². The number of nitrogens with one attached hydrogen (secondary N) is 1. The van der Waals surface area contributed by atoms with Gasteiger partial charge in [0.15, 0.2) is 11.5 Å². The number of anilines is 1. The minimum absolute atomic E-state index is 0.0374. The lowest BCUT2D eigenvalue weighted by atomic mass is 10.1. The van der Waals surface area contributed by atoms with Crippen molar-refractivity contribution in [3.05, 3.63) is 40.2 Å². The molecule has 2 aromatic rings. The number of carbonyl (C=O) groups is 1. The van der Waals surface area contributed by atoms with Crippen LogP contribution < -0.4 is 10.2 Å². The molecular weight excluding hydrogens is 300 g/mol. The highest BCUT2D eigenvalue weighted by atomic mass is 32.1. The zero-order valence-electron chi connectivity index (χ0n) is 12.5. The van der Waals surface area contributed by atoms with Gasteiger partial charge in [-0.25, -0.2) is 0 Å². The van der Waals surface area contributed by atoms with E-state index in [2.05, 4.69) is 44.2 Å². The van der Waals surface area contributed by atoms with E-state index in [-0.39, 0.29) is 18.1 Å². The second-order valence-electron chi connectivity index (χ2n) is 5.25. The highest BCUT2D eigenvalue weighted by molar-refractivity contribution is 7.07. The van der Waals surface area contributed by atoms with E-state index in [9.17, 15) is 4.79 Å². The summed E-state index contributed by atoms with van der Waals surface area (Å²) in [6.07, 6.45) is 0.148. The summed E-state index contributed by atoms with van der Waals surface area (Å²) < 4.78 is 6.01. The molecule has 3 heterocycles. The summed E-state index contributed by atoms with van der Waals surface area (Å²) in [6.45, 7) is 3.54. The molecular formula is C15H18N4O2S. The number of rotatable bonds is 3. The molecule has 22 heavy (non-hydrogen) atoms. The summed E-state index contributed by atoms with van der Waals surface area (Å²) in [5.74, 6) is 0.536. The van der Waals surface area contributed by atoms with Crippen LogP contribution in [-0.2, 0) is 4.74 Å². The Hall–Kier alpha value is -1.99. The monoisotopic (exact) mass is 318 g/mol. The van der Waals surface area contributed by atoms with Crippen LogP contribution in [0, 0.1) is 0 Å². The summed E-state index contributed by atoms with van der Waals surface area (Å²) in [5, 5.41) is 14.9. The van der Waals surface area contributed by atoms with E-state index >= 15 is 0 Å². The highest BCUT2D eigenvalue weighted by Crippen LogP contribution is 2.28. The Balaban J connectivity index is 1.77. The fourth-order valence-electron chi connectivity index (χ4n) is 2.52. The molecule has 1 fully saturated rings. The Bertz CT molecular complexity index is 630. The van der Waals surface area contributed by atoms with Crippen molar-refractivity contribution in [1.82, 2.24) is 15.5 Å². The van der Waals surface area contributed by atoms with Crippen LogP contribution >= 0.6 is 11.3 Å². The largest absolute Gasteiger partial charge is 0.367 e. The van der Waals surface area contributed by atoms with Crippen LogP contribution in [0.2, 0.25) is 0 Å². The fraction of sp³-hybridized carbons (Fsp3) is 0.400. The lowest BCUT2D eigenvalue weighted by Gasteiger charge is -2.37. The number of amides is 1. The Morgan fingerprint density at radius 2 is 2.23 bits per heavy atom. The summed E-state index contributed by atoms with van der Waals surface area (Å²) in [5.41, 5.74) is 1.51. The molecule has 7 heteroatoms. The lowest BCUT2D eigenvalue weighted by molar-refractivity contribution is -0.0174. The summed E-state index contributed by atoms with van der Waals surface area (Å²) in [6, 6.07) is 5.62. The Kier molecular flexibility index (Phi) is 4.35. The van der Waals surface area contributed by atoms with Crippen LogP contribution in [0.3, 0.4) is 0 Å². The molecule has 1 N–H and O–H groups in total. The number of aromatic nitrogens is 2. The third-order valence-corrected chi connectivity index (χ3v) is 4.31. The predicted molar refractivity (Wildman–Crippen MR) is 85.2 cm³/mol. The summed E-state index contributed by atoms with van der Waals surface area (Å²) in [7, 11) is 1.58. The van der Waals surface area contributed by atoms with E-state index in [0.717, 1.165) is 18.9 Å². The third-order valence-electron chi connectivity index (χ3n) is 3.61. The molecule has 2 aromatic heterocycles. The molecule has 3 rings (SSSR count). The molecule has 1 saturated heterocycles. The number of hydrogen-bond acceptors (Lipinski definition) is 6. The summed E-state index contributed by atoms with van der Waals surface area (Å²) in [4.78, 5) is 13.7. The van der Waals surface area contributed by atoms with Gasteiger partial charge in [0.25, 0.3) is 5.91 Å². The number of nitrogens with zero attached hydrogens (tertiary/aromatic N) is 3. The minimum atomic E-state index is -0.231. The number of thiophene rings is 1. The zero-order chi connectivity index (χ0) is 15.5. The molecule has 0 bridgehead atoms. The summed E-state index contributed by atoms with van der Waals surface area (Å²) >= 11 is 1.67. The average molecular weight is 318 g/mol. The molecule has 2 atom stereocenters. The molecule has 0 aromatic carbocycles. The first-order valence-corrected chi connectivity index (χ1v) is 8.10. The molecule has 6 nitrogen and oxygen atoms in total. The first kappa shape index (κ1) is 14.9. The van der Waals surface area contributed by atoms with E-state index in [1.165, 1.54) is 5.56 Å². The van der Waals surface area contributed by atoms with Gasteiger partial charge in [-0.2, -0.15) is 11.3 Å². The topological polar surface area (TPSA) is 67.4 Å². The van der Waals surface area contributed by atoms with Crippen LogP contribution in [0.1, 0.15) is 29.1 Å². The van der Waals surface area contributed by atoms with Crippen molar-refractivity contribution in [2.75, 3.05) is 25.0 Å². The van der Waals surface area contributed by atoms with Crippen molar-refractivity contribution in [3.8, 4) is 0 Å². The van der Waals surface area contributed by atoms with Crippen molar-refractivity contribution >= 4 is 23.1 Å². The molecule has 0 radical (unpaired) electrons. The number of morpholine rings is 1. The normalized spacial score (nSPS) is 21.6. The Morgan fingerprint density at radius 1 is 1.36 bits per heavy atom. The average Bonchev–Trinajstić information content (AvgIpc) is 3.08. The smallest absolute Gasteiger partial charge is 0.271 e. The third kappa shape index (κ3) is 3.10. The van der Waals surface area contributed by atoms with Crippen molar-refractivity contribution in [1.29, 1.82) is 0 Å². The standard InChI is InChI=1S/C15H18N4O2S/c1-10-7-19(8-13(21-10)11-5-6-22-9-11)14-4-3-12(17-18-14)15(20)16-2/h3-6,9-10,13H,7-8H2,1-2H3,(H,16,20). The first-order chi connectivity index (χ1) is 10.7. The van der Waals surface area contributed by atoms with E-state index in [4.69, 9.17) is 4.74 Å². The maximum atomic E-state index is 11.5. The Morgan fingerprint density at radius 3 is 2.86 bits per heavy atom. The van der Waals surface area contributed by atoms with Gasteiger partial charge < -0.3 is 15.0 Å². The van der Waals surface area contributed by atoms with Crippen LogP contribution in [0.15, 0.2) is 29.0 Å². The molecule has 1 aliphatic heterocycles. The van der Waals surface area contributed by atoms with Crippen LogP contribution in [-0.4, -0.2) is 42.3 Å². The Labute approximate surface area is 133 Å². The second-order valence-corrected chi connectivity index (χ2v) is 6.03. The van der Waals surface area contributed by atoms with Crippen LogP contribution in [0.4, 0.5) is 5.82 Å². The molecule has 1 amide bonds. The van der Waals surface area contributed by atoms with Gasteiger partial charge in [-0.05, 0) is 41.4 Å². The maximum absolute atomic E-state index is 11.5. The van der Waals surface area contributed by atoms with Crippen molar-refractivity contribution in [3.63, 3.8) is 0 Å². The number of hydrogen-bond donors (Lipinski definition) is 1. The van der Waals surface area contributed by atoms with E-state index in [1.807, 2.05) is 6.07 Å². The first-order valence-electron chi connectivity index (χ1n) is 7.15. The van der Waals surface area contributed by atoms with Crippen molar-refractivity contribution in [2.24, 2.45) is 0 Å². The van der Waals surface area contributed by atoms with E-state index in [0.29, 0.717) is 5.69 Å². The molecule has 1 aliphatic rings. The number of ether oxygens (including phenoxy) is 1. The molecule has 0 spiro atoms. The maximum Gasteiger partial charge on any atom is 0.271 e. The van der Waals surface area contributed by atoms with Gasteiger partial charge in [-0.1, -0.05) is 0 Å². The van der Waals surface area contributed by atoms with Gasteiger partial charge in [0.05, 0.1) is 6.10 Å². The molecule has 0 saturated carbocycles. The quantitative estimate of drug-likeness (QED) is 0.936. The van der Waals surface area contributed by atoms with Gasteiger partial charge in [-0.3, -0.25) is 4.79 Å². The fourth-order valence-corrected chi connectivity index (χ4v) is 3.23.